The first-order valence-corrected chi connectivity index (χ1v) is 9.99. The summed E-state index contributed by atoms with van der Waals surface area (Å²) in [4.78, 5) is 24.6. The van der Waals surface area contributed by atoms with Gasteiger partial charge in [0.25, 0.3) is 11.8 Å². The topological polar surface area (TPSA) is 93.2 Å². The number of amides is 2. The molecule has 1 aromatic heterocycles. The van der Waals surface area contributed by atoms with E-state index < -0.39 is 0 Å². The molecule has 2 aromatic carbocycles. The van der Waals surface area contributed by atoms with Crippen LogP contribution in [-0.4, -0.2) is 29.1 Å². The van der Waals surface area contributed by atoms with Crippen LogP contribution >= 0.6 is 11.3 Å². The summed E-state index contributed by atoms with van der Waals surface area (Å²) in [5.41, 5.74) is 3.40. The van der Waals surface area contributed by atoms with Gasteiger partial charge in [-0.3, -0.25) is 9.59 Å². The van der Waals surface area contributed by atoms with E-state index >= 15 is 0 Å². The summed E-state index contributed by atoms with van der Waals surface area (Å²) in [7, 11) is 1.56. The molecule has 0 saturated carbocycles. The number of nitrogens with one attached hydrogen (secondary N) is 2. The highest BCUT2D eigenvalue weighted by atomic mass is 32.1. The van der Waals surface area contributed by atoms with E-state index in [1.54, 1.807) is 31.4 Å². The molecule has 150 valence electrons. The van der Waals surface area contributed by atoms with Crippen LogP contribution in [0, 0.1) is 0 Å². The summed E-state index contributed by atoms with van der Waals surface area (Å²) in [6, 6.07) is 14.9. The van der Waals surface area contributed by atoms with Crippen LogP contribution in [0.4, 0.5) is 5.69 Å². The number of ether oxygens (including phenoxy) is 1. The Kier molecular flexibility index (Phi) is 7.04. The van der Waals surface area contributed by atoms with Gasteiger partial charge in [-0.05, 0) is 41.8 Å². The minimum Gasteiger partial charge on any atom is -0.377 e. The number of aromatic nitrogens is 2. The van der Waals surface area contributed by atoms with E-state index in [9.17, 15) is 9.59 Å². The number of anilines is 1. The second-order valence-corrected chi connectivity index (χ2v) is 7.38. The molecular formula is C21H22N4O3S. The molecule has 2 amide bonds. The molecule has 0 atom stereocenters. The smallest absolute Gasteiger partial charge is 0.286 e. The second kappa shape index (κ2) is 9.90. The first-order valence-electron chi connectivity index (χ1n) is 9.17. The van der Waals surface area contributed by atoms with Crippen LogP contribution in [0.1, 0.15) is 43.2 Å². The van der Waals surface area contributed by atoms with E-state index in [2.05, 4.69) is 39.9 Å². The first kappa shape index (κ1) is 20.6. The minimum absolute atomic E-state index is 0.171. The highest BCUT2D eigenvalue weighted by Gasteiger charge is 2.13. The molecule has 8 heteroatoms. The molecule has 0 radical (unpaired) electrons. The quantitative estimate of drug-likeness (QED) is 0.593. The van der Waals surface area contributed by atoms with Crippen LogP contribution in [0.3, 0.4) is 0 Å². The Morgan fingerprint density at radius 1 is 0.966 bits per heavy atom. The number of nitrogens with zero attached hydrogens (tertiary/aromatic N) is 2. The summed E-state index contributed by atoms with van der Waals surface area (Å²) in [5.74, 6) is -0.520. The maximum absolute atomic E-state index is 12.3. The van der Waals surface area contributed by atoms with Crippen molar-refractivity contribution in [3.63, 3.8) is 0 Å². The molecule has 0 saturated heterocycles. The predicted octanol–water partition coefficient (Wildman–Crippen LogP) is 3.43. The van der Waals surface area contributed by atoms with Gasteiger partial charge in [-0.1, -0.05) is 42.5 Å². The Morgan fingerprint density at radius 3 is 2.31 bits per heavy atom. The molecule has 0 fully saturated rings. The average molecular weight is 410 g/mol. The lowest BCUT2D eigenvalue weighted by Gasteiger charge is -2.07. The van der Waals surface area contributed by atoms with Gasteiger partial charge < -0.3 is 15.4 Å². The van der Waals surface area contributed by atoms with Gasteiger partial charge in [0.2, 0.25) is 5.01 Å². The summed E-state index contributed by atoms with van der Waals surface area (Å²) < 4.78 is 4.97. The van der Waals surface area contributed by atoms with Gasteiger partial charge in [-0.15, -0.1) is 10.2 Å². The standard InChI is InChI=1S/C21H22N4O3S/c1-3-14-4-6-15(7-5-14)12-22-19(26)16-8-10-17(11-9-16)23-20(27)21-25-24-18(29-21)13-28-2/h4-11H,3,12-13H2,1-2H3,(H,22,26)(H,23,27). The molecule has 3 aromatic rings. The number of carbonyl (C=O) groups excluding carboxylic acids is 2. The maximum Gasteiger partial charge on any atom is 0.286 e. The van der Waals surface area contributed by atoms with E-state index in [0.717, 1.165) is 12.0 Å². The molecule has 0 aliphatic rings. The third kappa shape index (κ3) is 5.69. The summed E-state index contributed by atoms with van der Waals surface area (Å²) in [6.45, 7) is 2.88. The molecule has 7 nitrogen and oxygen atoms in total. The monoisotopic (exact) mass is 410 g/mol. The molecule has 1 heterocycles. The van der Waals surface area contributed by atoms with Gasteiger partial charge in [0.15, 0.2) is 0 Å². The normalized spacial score (nSPS) is 10.6. The van der Waals surface area contributed by atoms with Crippen molar-refractivity contribution < 1.29 is 14.3 Å². The Labute approximate surface area is 173 Å². The van der Waals surface area contributed by atoms with Crippen molar-refractivity contribution in [2.75, 3.05) is 12.4 Å². The van der Waals surface area contributed by atoms with E-state index in [1.807, 2.05) is 12.1 Å². The van der Waals surface area contributed by atoms with Crippen LogP contribution in [0.25, 0.3) is 0 Å². The van der Waals surface area contributed by atoms with Crippen LogP contribution in [-0.2, 0) is 24.3 Å². The van der Waals surface area contributed by atoms with Crippen molar-refractivity contribution >= 4 is 28.8 Å². The fraction of sp³-hybridized carbons (Fsp3) is 0.238. The molecule has 2 N–H and O–H groups in total. The number of benzene rings is 2. The molecule has 0 bridgehead atoms. The molecule has 3 rings (SSSR count). The third-order valence-corrected chi connectivity index (χ3v) is 5.11. The summed E-state index contributed by atoms with van der Waals surface area (Å²) in [5, 5.41) is 14.3. The fourth-order valence-electron chi connectivity index (χ4n) is 2.59. The number of hydrogen-bond donors (Lipinski definition) is 2. The van der Waals surface area contributed by atoms with E-state index in [-0.39, 0.29) is 16.8 Å². The summed E-state index contributed by atoms with van der Waals surface area (Å²) >= 11 is 1.18. The number of hydrogen-bond acceptors (Lipinski definition) is 6. The number of carbonyl (C=O) groups is 2. The van der Waals surface area contributed by atoms with Gasteiger partial charge in [-0.2, -0.15) is 0 Å². The Hall–Kier alpha value is -3.10. The average Bonchev–Trinajstić information content (AvgIpc) is 3.22. The largest absolute Gasteiger partial charge is 0.377 e. The van der Waals surface area contributed by atoms with Crippen molar-refractivity contribution in [3.8, 4) is 0 Å². The highest BCUT2D eigenvalue weighted by molar-refractivity contribution is 7.13. The Morgan fingerprint density at radius 2 is 1.66 bits per heavy atom. The molecule has 0 aliphatic carbocycles. The van der Waals surface area contributed by atoms with Gasteiger partial charge >= 0.3 is 0 Å². The van der Waals surface area contributed by atoms with Gasteiger partial charge in [0, 0.05) is 24.9 Å². The maximum atomic E-state index is 12.3. The lowest BCUT2D eigenvalue weighted by atomic mass is 10.1. The van der Waals surface area contributed by atoms with Crippen LogP contribution in [0.15, 0.2) is 48.5 Å². The van der Waals surface area contributed by atoms with Crippen molar-refractivity contribution in [2.24, 2.45) is 0 Å². The van der Waals surface area contributed by atoms with Crippen molar-refractivity contribution in [2.45, 2.75) is 26.5 Å². The number of methoxy groups -OCH3 is 1. The zero-order chi connectivity index (χ0) is 20.6. The van der Waals surface area contributed by atoms with E-state index in [4.69, 9.17) is 4.74 Å². The zero-order valence-electron chi connectivity index (χ0n) is 16.3. The SMILES string of the molecule is CCc1ccc(CNC(=O)c2ccc(NC(=O)c3nnc(COC)s3)cc2)cc1. The Balaban J connectivity index is 1.54. The molecule has 0 aliphatic heterocycles. The first-order chi connectivity index (χ1) is 14.1. The van der Waals surface area contributed by atoms with Crippen LogP contribution in [0.5, 0.6) is 0 Å². The molecule has 29 heavy (non-hydrogen) atoms. The zero-order valence-corrected chi connectivity index (χ0v) is 17.1. The van der Waals surface area contributed by atoms with Crippen molar-refractivity contribution in [1.82, 2.24) is 15.5 Å². The highest BCUT2D eigenvalue weighted by Crippen LogP contribution is 2.15. The van der Waals surface area contributed by atoms with Gasteiger partial charge in [0.1, 0.15) is 5.01 Å². The van der Waals surface area contributed by atoms with E-state index in [1.165, 1.54) is 16.9 Å². The lowest BCUT2D eigenvalue weighted by molar-refractivity contribution is 0.0950. The van der Waals surface area contributed by atoms with Crippen molar-refractivity contribution in [1.29, 1.82) is 0 Å². The number of aryl methyl sites for hydroxylation is 1. The van der Waals surface area contributed by atoms with Crippen LogP contribution < -0.4 is 10.6 Å². The second-order valence-electron chi connectivity index (χ2n) is 6.32. The summed E-state index contributed by atoms with van der Waals surface area (Å²) in [6.07, 6.45) is 0.989. The van der Waals surface area contributed by atoms with Crippen LogP contribution in [0.2, 0.25) is 0 Å². The molecule has 0 unspecified atom stereocenters. The van der Waals surface area contributed by atoms with Gasteiger partial charge in [-0.25, -0.2) is 0 Å². The third-order valence-electron chi connectivity index (χ3n) is 4.22. The Bertz CT molecular complexity index is 968. The van der Waals surface area contributed by atoms with Gasteiger partial charge in [0.05, 0.1) is 6.61 Å². The molecular weight excluding hydrogens is 388 g/mol. The lowest BCUT2D eigenvalue weighted by Crippen LogP contribution is -2.22. The fourth-order valence-corrected chi connectivity index (χ4v) is 3.30. The predicted molar refractivity (Wildman–Crippen MR) is 112 cm³/mol. The minimum atomic E-state index is -0.349. The van der Waals surface area contributed by atoms with E-state index in [0.29, 0.717) is 29.4 Å². The molecule has 0 spiro atoms. The number of rotatable bonds is 8. The van der Waals surface area contributed by atoms with Crippen molar-refractivity contribution in [3.05, 3.63) is 75.2 Å².